The van der Waals surface area contributed by atoms with E-state index in [1.807, 2.05) is 44.2 Å². The summed E-state index contributed by atoms with van der Waals surface area (Å²) in [5, 5.41) is 2.86. The maximum absolute atomic E-state index is 12.2. The maximum atomic E-state index is 12.2. The zero-order valence-corrected chi connectivity index (χ0v) is 13.7. The van der Waals surface area contributed by atoms with Crippen LogP contribution in [0, 0.1) is 5.92 Å². The average Bonchev–Trinajstić information content (AvgIpc) is 2.52. The Hall–Kier alpha value is -1.88. The summed E-state index contributed by atoms with van der Waals surface area (Å²) in [4.78, 5) is 23.8. The first-order chi connectivity index (χ1) is 10.4. The topological polar surface area (TPSA) is 64.6 Å². The van der Waals surface area contributed by atoms with Crippen LogP contribution < -0.4 is 5.32 Å². The second-order valence-electron chi connectivity index (χ2n) is 5.62. The molecule has 0 heterocycles. The third-order valence-corrected chi connectivity index (χ3v) is 3.17. The Labute approximate surface area is 132 Å². The van der Waals surface area contributed by atoms with Gasteiger partial charge in [0.1, 0.15) is 6.10 Å². The predicted molar refractivity (Wildman–Crippen MR) is 84.2 cm³/mol. The highest BCUT2D eigenvalue weighted by Gasteiger charge is 2.22. The van der Waals surface area contributed by atoms with Gasteiger partial charge in [-0.15, -0.1) is 0 Å². The van der Waals surface area contributed by atoms with Crippen molar-refractivity contribution in [3.8, 4) is 0 Å². The van der Waals surface area contributed by atoms with Gasteiger partial charge in [0, 0.05) is 6.61 Å². The van der Waals surface area contributed by atoms with Crippen LogP contribution in [-0.4, -0.2) is 31.7 Å². The van der Waals surface area contributed by atoms with E-state index in [9.17, 15) is 9.59 Å². The Morgan fingerprint density at radius 1 is 1.14 bits per heavy atom. The van der Waals surface area contributed by atoms with Crippen molar-refractivity contribution in [2.45, 2.75) is 39.3 Å². The second-order valence-corrected chi connectivity index (χ2v) is 5.62. The molecule has 0 aromatic heterocycles. The van der Waals surface area contributed by atoms with Crippen LogP contribution in [0.25, 0.3) is 0 Å². The van der Waals surface area contributed by atoms with Crippen LogP contribution in [0.1, 0.15) is 38.8 Å². The molecule has 0 aliphatic carbocycles. The van der Waals surface area contributed by atoms with Gasteiger partial charge in [-0.1, -0.05) is 44.2 Å². The monoisotopic (exact) mass is 307 g/mol. The summed E-state index contributed by atoms with van der Waals surface area (Å²) in [5.74, 6) is -0.251. The smallest absolute Gasteiger partial charge is 0.307 e. The lowest BCUT2D eigenvalue weighted by atomic mass is 10.0. The van der Waals surface area contributed by atoms with Crippen LogP contribution in [0.2, 0.25) is 0 Å². The first-order valence-corrected chi connectivity index (χ1v) is 7.47. The summed E-state index contributed by atoms with van der Waals surface area (Å²) in [5.41, 5.74) is 0.859. The lowest BCUT2D eigenvalue weighted by molar-refractivity contribution is -0.141. The van der Waals surface area contributed by atoms with Gasteiger partial charge in [-0.25, -0.2) is 0 Å². The van der Waals surface area contributed by atoms with E-state index in [2.05, 4.69) is 5.32 Å². The molecule has 0 radical (unpaired) electrons. The van der Waals surface area contributed by atoms with Crippen molar-refractivity contribution in [2.24, 2.45) is 5.92 Å². The molecule has 0 saturated carbocycles. The summed E-state index contributed by atoms with van der Waals surface area (Å²) in [6.07, 6.45) is -0.477. The molecule has 1 amide bonds. The quantitative estimate of drug-likeness (QED) is 0.749. The zero-order valence-electron chi connectivity index (χ0n) is 13.7. The first-order valence-electron chi connectivity index (χ1n) is 7.47. The van der Waals surface area contributed by atoms with E-state index < -0.39 is 12.1 Å². The Morgan fingerprint density at radius 3 is 2.32 bits per heavy atom. The molecule has 0 bridgehead atoms. The molecule has 0 spiro atoms. The fourth-order valence-corrected chi connectivity index (χ4v) is 1.89. The normalized spacial score (nSPS) is 13.5. The highest BCUT2D eigenvalue weighted by molar-refractivity contribution is 5.81. The average molecular weight is 307 g/mol. The standard InChI is InChI=1S/C17H25NO4/c1-12(2)11-22-13(3)17(20)18-15(10-16(19)21-4)14-8-6-5-7-9-14/h5-9,12-13,15H,10-11H2,1-4H3,(H,18,20)/t13-,15+/m0/s1. The molecule has 0 fully saturated rings. The summed E-state index contributed by atoms with van der Waals surface area (Å²) in [6.45, 7) is 6.27. The minimum atomic E-state index is -0.564. The molecular formula is C17H25NO4. The highest BCUT2D eigenvalue weighted by atomic mass is 16.5. The molecule has 0 saturated heterocycles. The Balaban J connectivity index is 2.71. The molecule has 1 N–H and O–H groups in total. The zero-order chi connectivity index (χ0) is 16.5. The van der Waals surface area contributed by atoms with Crippen molar-refractivity contribution in [1.29, 1.82) is 0 Å². The molecule has 0 aliphatic heterocycles. The van der Waals surface area contributed by atoms with Crippen molar-refractivity contribution in [3.05, 3.63) is 35.9 Å². The van der Waals surface area contributed by atoms with Gasteiger partial charge < -0.3 is 14.8 Å². The molecule has 22 heavy (non-hydrogen) atoms. The summed E-state index contributed by atoms with van der Waals surface area (Å²) in [6, 6.07) is 8.93. The van der Waals surface area contributed by atoms with Crippen LogP contribution in [0.4, 0.5) is 0 Å². The number of rotatable bonds is 8. The van der Waals surface area contributed by atoms with E-state index >= 15 is 0 Å². The minimum Gasteiger partial charge on any atom is -0.469 e. The Morgan fingerprint density at radius 2 is 1.77 bits per heavy atom. The van der Waals surface area contributed by atoms with Crippen LogP contribution >= 0.6 is 0 Å². The molecule has 1 aromatic carbocycles. The number of esters is 1. The number of benzene rings is 1. The largest absolute Gasteiger partial charge is 0.469 e. The number of hydrogen-bond donors (Lipinski definition) is 1. The third kappa shape index (κ3) is 6.26. The number of methoxy groups -OCH3 is 1. The van der Waals surface area contributed by atoms with Gasteiger partial charge in [-0.2, -0.15) is 0 Å². The SMILES string of the molecule is COC(=O)C[C@@H](NC(=O)[C@H](C)OCC(C)C)c1ccccc1. The van der Waals surface area contributed by atoms with Crippen molar-refractivity contribution in [2.75, 3.05) is 13.7 Å². The van der Waals surface area contributed by atoms with Crippen LogP contribution in [-0.2, 0) is 19.1 Å². The fourth-order valence-electron chi connectivity index (χ4n) is 1.89. The Bertz CT molecular complexity index is 473. The summed E-state index contributed by atoms with van der Waals surface area (Å²) < 4.78 is 10.2. The Kier molecular flexibility index (Phi) is 7.60. The number of amides is 1. The minimum absolute atomic E-state index is 0.0865. The van der Waals surface area contributed by atoms with Crippen molar-refractivity contribution < 1.29 is 19.1 Å². The molecule has 5 heteroatoms. The van der Waals surface area contributed by atoms with E-state index in [1.165, 1.54) is 7.11 Å². The lowest BCUT2D eigenvalue weighted by Gasteiger charge is -2.21. The van der Waals surface area contributed by atoms with Gasteiger partial charge in [-0.3, -0.25) is 9.59 Å². The van der Waals surface area contributed by atoms with Gasteiger partial charge >= 0.3 is 5.97 Å². The molecule has 0 unspecified atom stereocenters. The molecule has 1 aromatic rings. The van der Waals surface area contributed by atoms with E-state index in [0.717, 1.165) is 5.56 Å². The van der Waals surface area contributed by atoms with E-state index in [4.69, 9.17) is 9.47 Å². The second kappa shape index (κ2) is 9.20. The molecule has 122 valence electrons. The molecule has 5 nitrogen and oxygen atoms in total. The van der Waals surface area contributed by atoms with Crippen molar-refractivity contribution >= 4 is 11.9 Å². The molecule has 0 aliphatic rings. The summed E-state index contributed by atoms with van der Waals surface area (Å²) >= 11 is 0. The van der Waals surface area contributed by atoms with E-state index in [-0.39, 0.29) is 18.3 Å². The fraction of sp³-hybridized carbons (Fsp3) is 0.529. The van der Waals surface area contributed by atoms with Gasteiger partial charge in [0.05, 0.1) is 19.6 Å². The van der Waals surface area contributed by atoms with Crippen LogP contribution in [0.5, 0.6) is 0 Å². The van der Waals surface area contributed by atoms with Gasteiger partial charge in [-0.05, 0) is 18.4 Å². The maximum Gasteiger partial charge on any atom is 0.307 e. The highest BCUT2D eigenvalue weighted by Crippen LogP contribution is 2.17. The third-order valence-electron chi connectivity index (χ3n) is 3.17. The number of nitrogens with one attached hydrogen (secondary N) is 1. The van der Waals surface area contributed by atoms with E-state index in [1.54, 1.807) is 6.92 Å². The lowest BCUT2D eigenvalue weighted by Crippen LogP contribution is -2.38. The van der Waals surface area contributed by atoms with E-state index in [0.29, 0.717) is 12.5 Å². The van der Waals surface area contributed by atoms with Crippen LogP contribution in [0.3, 0.4) is 0 Å². The van der Waals surface area contributed by atoms with Crippen LogP contribution in [0.15, 0.2) is 30.3 Å². The first kappa shape index (κ1) is 18.2. The van der Waals surface area contributed by atoms with Gasteiger partial charge in [0.25, 0.3) is 0 Å². The molecule has 1 rings (SSSR count). The predicted octanol–water partition coefficient (Wildman–Crippen LogP) is 2.47. The molecular weight excluding hydrogens is 282 g/mol. The number of carbonyl (C=O) groups excluding carboxylic acids is 2. The summed E-state index contributed by atoms with van der Waals surface area (Å²) in [7, 11) is 1.33. The number of hydrogen-bond acceptors (Lipinski definition) is 4. The molecule has 2 atom stereocenters. The number of carbonyl (C=O) groups is 2. The van der Waals surface area contributed by atoms with Crippen molar-refractivity contribution in [1.82, 2.24) is 5.32 Å². The number of ether oxygens (including phenoxy) is 2. The van der Waals surface area contributed by atoms with Crippen molar-refractivity contribution in [3.63, 3.8) is 0 Å². The van der Waals surface area contributed by atoms with Gasteiger partial charge in [0.15, 0.2) is 0 Å². The van der Waals surface area contributed by atoms with Gasteiger partial charge in [0.2, 0.25) is 5.91 Å².